The fourth-order valence-electron chi connectivity index (χ4n) is 3.18. The van der Waals surface area contributed by atoms with E-state index in [9.17, 15) is 18.0 Å². The summed E-state index contributed by atoms with van der Waals surface area (Å²) in [6.45, 7) is 1.00. The van der Waals surface area contributed by atoms with Crippen LogP contribution in [0.25, 0.3) is 0 Å². The molecule has 0 bridgehead atoms. The van der Waals surface area contributed by atoms with E-state index in [0.717, 1.165) is 21.1 Å². The highest BCUT2D eigenvalue weighted by atomic mass is 32.2. The highest BCUT2D eigenvalue weighted by molar-refractivity contribution is 7.91. The van der Waals surface area contributed by atoms with E-state index in [-0.39, 0.29) is 23.1 Å². The maximum absolute atomic E-state index is 13.6. The Labute approximate surface area is 204 Å². The van der Waals surface area contributed by atoms with Crippen LogP contribution in [-0.2, 0) is 27.9 Å². The molecule has 0 spiro atoms. The highest BCUT2D eigenvalue weighted by Gasteiger charge is 2.30. The van der Waals surface area contributed by atoms with Crippen LogP contribution in [0, 0.1) is 0 Å². The smallest absolute Gasteiger partial charge is 0.404 e. The molecule has 0 unspecified atom stereocenters. The molecule has 3 aromatic rings. The van der Waals surface area contributed by atoms with Crippen LogP contribution in [0.3, 0.4) is 0 Å². The average molecular weight is 528 g/mol. The molecule has 0 saturated heterocycles. The van der Waals surface area contributed by atoms with Gasteiger partial charge in [0.2, 0.25) is 5.91 Å². The second kappa shape index (κ2) is 12.3. The van der Waals surface area contributed by atoms with Gasteiger partial charge in [0.1, 0.15) is 10.3 Å². The molecule has 178 valence electrons. The zero-order chi connectivity index (χ0) is 23.7. The molecular formula is C21H25N3O5S4. The largest absolute Gasteiger partial charge is 0.465 e. The van der Waals surface area contributed by atoms with E-state index in [1.807, 2.05) is 35.0 Å². The van der Waals surface area contributed by atoms with Crippen LogP contribution in [0.4, 0.5) is 4.79 Å². The predicted octanol–water partition coefficient (Wildman–Crippen LogP) is 4.18. The summed E-state index contributed by atoms with van der Waals surface area (Å²) in [5.41, 5.74) is 0. The van der Waals surface area contributed by atoms with Gasteiger partial charge in [0.25, 0.3) is 10.0 Å². The van der Waals surface area contributed by atoms with Gasteiger partial charge in [0, 0.05) is 16.3 Å². The Morgan fingerprint density at radius 2 is 1.55 bits per heavy atom. The Balaban J connectivity index is 1.78. The summed E-state index contributed by atoms with van der Waals surface area (Å²) in [7, 11) is -3.86. The summed E-state index contributed by atoms with van der Waals surface area (Å²) in [6, 6.07) is 9.92. The number of hydrogen-bond donors (Lipinski definition) is 3. The topological polar surface area (TPSA) is 116 Å². The van der Waals surface area contributed by atoms with Crippen LogP contribution in [0.15, 0.2) is 56.7 Å². The fraction of sp³-hybridized carbons (Fsp3) is 0.333. The van der Waals surface area contributed by atoms with Crippen molar-refractivity contribution in [3.05, 3.63) is 62.3 Å². The van der Waals surface area contributed by atoms with Crippen LogP contribution in [0.5, 0.6) is 0 Å². The number of nitrogens with zero attached hydrogens (tertiary/aromatic N) is 1. The molecule has 3 rings (SSSR count). The monoisotopic (exact) mass is 527 g/mol. The molecule has 3 N–H and O–H groups in total. The predicted molar refractivity (Wildman–Crippen MR) is 131 cm³/mol. The third-order valence-electron chi connectivity index (χ3n) is 4.72. The number of sulfonamides is 1. The van der Waals surface area contributed by atoms with Crippen molar-refractivity contribution < 1.29 is 23.1 Å². The molecule has 33 heavy (non-hydrogen) atoms. The molecule has 0 fully saturated rings. The molecule has 0 radical (unpaired) electrons. The second-order valence-corrected chi connectivity index (χ2v) is 12.1. The number of carbonyl (C=O) groups excluding carboxylic acids is 1. The maximum Gasteiger partial charge on any atom is 0.404 e. The molecule has 0 aromatic carbocycles. The number of unbranched alkanes of at least 4 members (excludes halogenated alkanes) is 1. The fourth-order valence-corrected chi connectivity index (χ4v) is 6.85. The van der Waals surface area contributed by atoms with Crippen LogP contribution in [0.2, 0.25) is 0 Å². The van der Waals surface area contributed by atoms with Crippen molar-refractivity contribution >= 4 is 56.0 Å². The van der Waals surface area contributed by atoms with Gasteiger partial charge < -0.3 is 15.3 Å². The Bertz CT molecular complexity index is 1060. The lowest BCUT2D eigenvalue weighted by molar-refractivity contribution is -0.134. The summed E-state index contributed by atoms with van der Waals surface area (Å²) in [5, 5.41) is 16.6. The molecule has 1 atom stereocenters. The van der Waals surface area contributed by atoms with Gasteiger partial charge in [-0.3, -0.25) is 4.79 Å². The summed E-state index contributed by atoms with van der Waals surface area (Å²) >= 11 is 4.17. The van der Waals surface area contributed by atoms with Crippen LogP contribution >= 0.6 is 34.0 Å². The number of carboxylic acid groups (broad SMARTS) is 1. The molecular weight excluding hydrogens is 503 g/mol. The van der Waals surface area contributed by atoms with Gasteiger partial charge in [-0.1, -0.05) is 18.2 Å². The van der Waals surface area contributed by atoms with E-state index in [4.69, 9.17) is 5.11 Å². The van der Waals surface area contributed by atoms with E-state index in [1.54, 1.807) is 16.3 Å². The number of carbonyl (C=O) groups is 2. The third kappa shape index (κ3) is 7.93. The van der Waals surface area contributed by atoms with Crippen LogP contribution in [0.1, 0.15) is 29.0 Å². The quantitative estimate of drug-likeness (QED) is 0.288. The summed E-state index contributed by atoms with van der Waals surface area (Å²) in [5.74, 6) is -0.303. The third-order valence-corrected chi connectivity index (χ3v) is 9.31. The maximum atomic E-state index is 13.6. The highest BCUT2D eigenvalue weighted by Crippen LogP contribution is 2.21. The molecule has 3 aromatic heterocycles. The van der Waals surface area contributed by atoms with Crippen molar-refractivity contribution in [1.29, 1.82) is 0 Å². The lowest BCUT2D eigenvalue weighted by atomic mass is 10.1. The second-order valence-electron chi connectivity index (χ2n) is 7.19. The molecule has 3 heterocycles. The lowest BCUT2D eigenvalue weighted by Gasteiger charge is -2.27. The number of thiophene rings is 3. The SMILES string of the molecule is O=C(O)NCCCC[C@H](NS(=O)(=O)c1cccs1)C(=O)N(Cc1cccs1)Cc1cccs1. The van der Waals surface area contributed by atoms with Crippen LogP contribution < -0.4 is 10.0 Å². The van der Waals surface area contributed by atoms with Gasteiger partial charge in [-0.05, 0) is 53.6 Å². The van der Waals surface area contributed by atoms with Crippen molar-refractivity contribution in [2.24, 2.45) is 0 Å². The van der Waals surface area contributed by atoms with Gasteiger partial charge in [-0.25, -0.2) is 13.2 Å². The zero-order valence-electron chi connectivity index (χ0n) is 17.7. The summed E-state index contributed by atoms with van der Waals surface area (Å²) < 4.78 is 28.5. The van der Waals surface area contributed by atoms with Gasteiger partial charge in [-0.2, -0.15) is 4.72 Å². The Kier molecular flexibility index (Phi) is 9.44. The minimum Gasteiger partial charge on any atom is -0.465 e. The standard InChI is InChI=1S/C21H25N3O5S4/c25-20(24(14-16-6-3-11-30-16)15-17-7-4-12-31-17)18(8-1-2-10-22-21(26)27)23-33(28,29)19-9-5-13-32-19/h3-7,9,11-13,18,22-23H,1-2,8,10,14-15H2,(H,26,27)/t18-/m0/s1. The van der Waals surface area contributed by atoms with Crippen molar-refractivity contribution in [2.45, 2.75) is 42.6 Å². The first-order chi connectivity index (χ1) is 15.8. The van der Waals surface area contributed by atoms with Gasteiger partial charge in [-0.15, -0.1) is 34.0 Å². The zero-order valence-corrected chi connectivity index (χ0v) is 20.9. The molecule has 0 aliphatic rings. The first kappa shape index (κ1) is 25.4. The number of nitrogens with one attached hydrogen (secondary N) is 2. The van der Waals surface area contributed by atoms with E-state index in [0.29, 0.717) is 25.9 Å². The lowest BCUT2D eigenvalue weighted by Crippen LogP contribution is -2.47. The van der Waals surface area contributed by atoms with Crippen LogP contribution in [-0.4, -0.2) is 43.0 Å². The molecule has 2 amide bonds. The van der Waals surface area contributed by atoms with Crippen molar-refractivity contribution in [3.63, 3.8) is 0 Å². The minimum absolute atomic E-state index is 0.149. The van der Waals surface area contributed by atoms with Crippen molar-refractivity contribution in [2.75, 3.05) is 6.54 Å². The number of amides is 2. The molecule has 0 aliphatic carbocycles. The van der Waals surface area contributed by atoms with Crippen molar-refractivity contribution in [1.82, 2.24) is 14.9 Å². The first-order valence-electron chi connectivity index (χ1n) is 10.2. The Morgan fingerprint density at radius 1 is 0.939 bits per heavy atom. The normalized spacial score (nSPS) is 12.4. The number of rotatable bonds is 13. The first-order valence-corrected chi connectivity index (χ1v) is 14.3. The molecule has 8 nitrogen and oxygen atoms in total. The van der Waals surface area contributed by atoms with E-state index in [2.05, 4.69) is 10.0 Å². The van der Waals surface area contributed by atoms with E-state index < -0.39 is 22.2 Å². The average Bonchev–Trinajstić information content (AvgIpc) is 3.55. The Hall–Kier alpha value is -2.25. The summed E-state index contributed by atoms with van der Waals surface area (Å²) in [4.78, 5) is 28.0. The van der Waals surface area contributed by atoms with Crippen molar-refractivity contribution in [3.8, 4) is 0 Å². The van der Waals surface area contributed by atoms with Gasteiger partial charge in [0.15, 0.2) is 0 Å². The van der Waals surface area contributed by atoms with E-state index in [1.165, 1.54) is 28.7 Å². The Morgan fingerprint density at radius 3 is 2.06 bits per heavy atom. The van der Waals surface area contributed by atoms with Gasteiger partial charge in [0.05, 0.1) is 13.1 Å². The van der Waals surface area contributed by atoms with E-state index >= 15 is 0 Å². The molecule has 0 aliphatic heterocycles. The van der Waals surface area contributed by atoms with Gasteiger partial charge >= 0.3 is 6.09 Å². The summed E-state index contributed by atoms with van der Waals surface area (Å²) in [6.07, 6.45) is 0.122. The molecule has 0 saturated carbocycles. The minimum atomic E-state index is -3.86. The number of hydrogen-bond acceptors (Lipinski definition) is 7. The molecule has 12 heteroatoms.